The van der Waals surface area contributed by atoms with Crippen LogP contribution in [0.25, 0.3) is 22.4 Å². The first kappa shape index (κ1) is 26.4. The number of oxazole rings is 1. The average Bonchev–Trinajstić information content (AvgIpc) is 3.62. The molecule has 4 rings (SSSR count). The first-order chi connectivity index (χ1) is 17.5. The Balaban J connectivity index is 1.65. The summed E-state index contributed by atoms with van der Waals surface area (Å²) in [7, 11) is 1.33. The van der Waals surface area contributed by atoms with Crippen LogP contribution >= 0.6 is 0 Å². The number of pyridine rings is 1. The molecule has 4 N–H and O–H groups in total. The Bertz CT molecular complexity index is 1320. The number of amides is 2. The minimum absolute atomic E-state index is 0.000685. The maximum Gasteiger partial charge on any atom is 0.433 e. The standard InChI is InChI=1S/C25H28F3N5O4/c1-4-14(31-22(34)13-5-6-13)11-30-23(35)20-21(12(2)29)37-24(33-20)16-7-9-17(36-3)19-15(16)8-10-18(32-19)25(26,27)28/h7-10,12-14H,4-6,11,29H2,1-3H3,(H,30,35)(H,31,34)/t12-,14+/m0/s1. The summed E-state index contributed by atoms with van der Waals surface area (Å²) in [5, 5.41) is 5.99. The molecule has 1 aliphatic carbocycles. The second-order valence-corrected chi connectivity index (χ2v) is 9.02. The minimum Gasteiger partial charge on any atom is -0.494 e. The summed E-state index contributed by atoms with van der Waals surface area (Å²) in [4.78, 5) is 33.2. The fourth-order valence-electron chi connectivity index (χ4n) is 3.88. The van der Waals surface area contributed by atoms with Gasteiger partial charge in [0.25, 0.3) is 5.91 Å². The van der Waals surface area contributed by atoms with Crippen molar-refractivity contribution in [1.29, 1.82) is 0 Å². The summed E-state index contributed by atoms with van der Waals surface area (Å²) < 4.78 is 50.8. The number of hydrogen-bond acceptors (Lipinski definition) is 7. The van der Waals surface area contributed by atoms with E-state index in [2.05, 4.69) is 20.6 Å². The molecule has 2 atom stereocenters. The summed E-state index contributed by atoms with van der Waals surface area (Å²) in [5.41, 5.74) is 5.21. The molecule has 9 nitrogen and oxygen atoms in total. The van der Waals surface area contributed by atoms with Gasteiger partial charge in [0.15, 0.2) is 11.5 Å². The van der Waals surface area contributed by atoms with E-state index < -0.39 is 23.8 Å². The molecule has 1 aromatic carbocycles. The Morgan fingerprint density at radius 1 is 1.22 bits per heavy atom. The van der Waals surface area contributed by atoms with E-state index in [1.807, 2.05) is 6.92 Å². The number of carbonyl (C=O) groups excluding carboxylic acids is 2. The molecule has 3 aromatic rings. The molecule has 0 bridgehead atoms. The summed E-state index contributed by atoms with van der Waals surface area (Å²) in [5.74, 6) is -0.257. The molecule has 1 saturated carbocycles. The molecule has 0 unspecified atom stereocenters. The predicted molar refractivity (Wildman–Crippen MR) is 129 cm³/mol. The van der Waals surface area contributed by atoms with Gasteiger partial charge in [0.05, 0.1) is 13.2 Å². The highest BCUT2D eigenvalue weighted by Gasteiger charge is 2.34. The number of nitrogens with two attached hydrogens (primary N) is 1. The highest BCUT2D eigenvalue weighted by atomic mass is 19.4. The van der Waals surface area contributed by atoms with Crippen LogP contribution in [-0.4, -0.2) is 41.5 Å². The largest absolute Gasteiger partial charge is 0.494 e. The predicted octanol–water partition coefficient (Wildman–Crippen LogP) is 3.97. The molecule has 198 valence electrons. The van der Waals surface area contributed by atoms with Gasteiger partial charge >= 0.3 is 6.18 Å². The Morgan fingerprint density at radius 2 is 1.95 bits per heavy atom. The van der Waals surface area contributed by atoms with E-state index in [0.29, 0.717) is 17.4 Å². The molecule has 2 amide bonds. The molecule has 37 heavy (non-hydrogen) atoms. The van der Waals surface area contributed by atoms with Crippen molar-refractivity contribution in [3.05, 3.63) is 41.4 Å². The number of nitrogens with one attached hydrogen (secondary N) is 2. The number of nitrogens with zero attached hydrogens (tertiary/aromatic N) is 2. The van der Waals surface area contributed by atoms with Crippen LogP contribution in [-0.2, 0) is 11.0 Å². The van der Waals surface area contributed by atoms with Crippen molar-refractivity contribution in [3.63, 3.8) is 0 Å². The van der Waals surface area contributed by atoms with Crippen molar-refractivity contribution in [2.45, 2.75) is 51.4 Å². The van der Waals surface area contributed by atoms with Crippen molar-refractivity contribution in [3.8, 4) is 17.2 Å². The van der Waals surface area contributed by atoms with E-state index in [1.54, 1.807) is 13.0 Å². The number of hydrogen-bond donors (Lipinski definition) is 3. The third kappa shape index (κ3) is 5.68. The van der Waals surface area contributed by atoms with Crippen LogP contribution in [0.4, 0.5) is 13.2 Å². The summed E-state index contributed by atoms with van der Waals surface area (Å²) in [6.45, 7) is 3.71. The Kier molecular flexibility index (Phi) is 7.39. The molecule has 1 aliphatic rings. The number of halogens is 3. The SMILES string of the molecule is CC[C@H](CNC(=O)c1nc(-c2ccc(OC)c3nc(C(F)(F)F)ccc23)oc1[C@H](C)N)NC(=O)C1CC1. The van der Waals surface area contributed by atoms with Crippen molar-refractivity contribution in [1.82, 2.24) is 20.6 Å². The molecule has 0 radical (unpaired) electrons. The number of benzene rings is 1. The molecule has 1 fully saturated rings. The highest BCUT2D eigenvalue weighted by molar-refractivity contribution is 5.98. The lowest BCUT2D eigenvalue weighted by molar-refractivity contribution is -0.141. The van der Waals surface area contributed by atoms with E-state index >= 15 is 0 Å². The van der Waals surface area contributed by atoms with Crippen LogP contribution in [0.15, 0.2) is 28.7 Å². The maximum absolute atomic E-state index is 13.3. The van der Waals surface area contributed by atoms with Gasteiger partial charge in [-0.15, -0.1) is 0 Å². The van der Waals surface area contributed by atoms with Crippen LogP contribution < -0.4 is 21.1 Å². The number of methoxy groups -OCH3 is 1. The monoisotopic (exact) mass is 519 g/mol. The van der Waals surface area contributed by atoms with Gasteiger partial charge in [-0.3, -0.25) is 9.59 Å². The quantitative estimate of drug-likeness (QED) is 0.390. The molecule has 0 aliphatic heterocycles. The van der Waals surface area contributed by atoms with E-state index in [1.165, 1.54) is 19.2 Å². The molecule has 2 aromatic heterocycles. The summed E-state index contributed by atoms with van der Waals surface area (Å²) in [6.07, 6.45) is -2.27. The van der Waals surface area contributed by atoms with E-state index in [-0.39, 0.29) is 53.0 Å². The fraction of sp³-hybridized carbons (Fsp3) is 0.440. The Morgan fingerprint density at radius 3 is 2.54 bits per heavy atom. The summed E-state index contributed by atoms with van der Waals surface area (Å²) >= 11 is 0. The van der Waals surface area contributed by atoms with Crippen molar-refractivity contribution >= 4 is 22.7 Å². The highest BCUT2D eigenvalue weighted by Crippen LogP contribution is 2.37. The van der Waals surface area contributed by atoms with E-state index in [0.717, 1.165) is 18.9 Å². The lowest BCUT2D eigenvalue weighted by Crippen LogP contribution is -2.44. The van der Waals surface area contributed by atoms with E-state index in [4.69, 9.17) is 14.9 Å². The maximum atomic E-state index is 13.3. The Labute approximate surface area is 211 Å². The number of ether oxygens (including phenoxy) is 1. The van der Waals surface area contributed by atoms with Crippen molar-refractivity contribution < 1.29 is 31.9 Å². The molecule has 2 heterocycles. The molecule has 0 spiro atoms. The minimum atomic E-state index is -4.64. The molecule has 0 saturated heterocycles. The molecular weight excluding hydrogens is 491 g/mol. The number of carbonyl (C=O) groups is 2. The first-order valence-electron chi connectivity index (χ1n) is 11.9. The average molecular weight is 520 g/mol. The van der Waals surface area contributed by atoms with Crippen LogP contribution in [0, 0.1) is 5.92 Å². The van der Waals surface area contributed by atoms with Crippen molar-refractivity contribution in [2.24, 2.45) is 11.7 Å². The smallest absolute Gasteiger partial charge is 0.433 e. The first-order valence-corrected chi connectivity index (χ1v) is 11.9. The molecular formula is C25H28F3N5O4. The Hall–Kier alpha value is -3.67. The van der Waals surface area contributed by atoms with Crippen molar-refractivity contribution in [2.75, 3.05) is 13.7 Å². The second-order valence-electron chi connectivity index (χ2n) is 9.02. The van der Waals surface area contributed by atoms with Crippen LogP contribution in [0.3, 0.4) is 0 Å². The second kappa shape index (κ2) is 10.4. The number of fused-ring (bicyclic) bond motifs is 1. The van der Waals surface area contributed by atoms with Gasteiger partial charge in [0.2, 0.25) is 11.8 Å². The summed E-state index contributed by atoms with van der Waals surface area (Å²) in [6, 6.07) is 4.19. The van der Waals surface area contributed by atoms with Crippen LogP contribution in [0.2, 0.25) is 0 Å². The van der Waals surface area contributed by atoms with Gasteiger partial charge in [-0.2, -0.15) is 13.2 Å². The number of alkyl halides is 3. The molecule has 12 heteroatoms. The zero-order valence-electron chi connectivity index (χ0n) is 20.6. The topological polar surface area (TPSA) is 132 Å². The van der Waals surface area contributed by atoms with Gasteiger partial charge < -0.3 is 25.5 Å². The third-order valence-corrected chi connectivity index (χ3v) is 6.14. The van der Waals surface area contributed by atoms with Gasteiger partial charge in [0, 0.05) is 29.5 Å². The van der Waals surface area contributed by atoms with Gasteiger partial charge in [-0.05, 0) is 50.5 Å². The van der Waals surface area contributed by atoms with Gasteiger partial charge in [-0.25, -0.2) is 9.97 Å². The number of aromatic nitrogens is 2. The zero-order chi connectivity index (χ0) is 26.9. The lowest BCUT2D eigenvalue weighted by atomic mass is 10.1. The van der Waals surface area contributed by atoms with Crippen LogP contribution in [0.5, 0.6) is 5.75 Å². The van der Waals surface area contributed by atoms with Gasteiger partial charge in [-0.1, -0.05) is 6.92 Å². The lowest BCUT2D eigenvalue weighted by Gasteiger charge is -2.17. The van der Waals surface area contributed by atoms with Crippen LogP contribution in [0.1, 0.15) is 61.1 Å². The number of rotatable bonds is 9. The van der Waals surface area contributed by atoms with Gasteiger partial charge in [0.1, 0.15) is 17.0 Å². The normalized spacial score (nSPS) is 15.3. The fourth-order valence-corrected chi connectivity index (χ4v) is 3.88. The third-order valence-electron chi connectivity index (χ3n) is 6.14. The van der Waals surface area contributed by atoms with E-state index in [9.17, 15) is 22.8 Å². The zero-order valence-corrected chi connectivity index (χ0v) is 20.6.